The average Bonchev–Trinajstić information content (AvgIpc) is 2.42. The van der Waals surface area contributed by atoms with Gasteiger partial charge < -0.3 is 14.8 Å². The normalized spacial score (nSPS) is 9.79. The molecule has 0 bridgehead atoms. The molecular weight excluding hydrogens is 250 g/mol. The van der Waals surface area contributed by atoms with E-state index in [0.29, 0.717) is 6.42 Å². The minimum atomic E-state index is -0.648. The van der Waals surface area contributed by atoms with Crippen molar-refractivity contribution in [3.8, 4) is 0 Å². The maximum atomic E-state index is 11.4. The Morgan fingerprint density at radius 1 is 1.00 bits per heavy atom. The fourth-order valence-corrected chi connectivity index (χ4v) is 1.40. The van der Waals surface area contributed by atoms with Gasteiger partial charge in [-0.05, 0) is 6.42 Å². The summed E-state index contributed by atoms with van der Waals surface area (Å²) in [6.45, 7) is 1.49. The van der Waals surface area contributed by atoms with Crippen LogP contribution in [0.3, 0.4) is 0 Å². The molecule has 0 atom stereocenters. The Morgan fingerprint density at radius 2 is 1.68 bits per heavy atom. The molecule has 0 heterocycles. The summed E-state index contributed by atoms with van der Waals surface area (Å²) in [4.78, 5) is 33.2. The van der Waals surface area contributed by atoms with Gasteiger partial charge in [0, 0.05) is 6.42 Å². The lowest BCUT2D eigenvalue weighted by molar-refractivity contribution is -0.156. The quantitative estimate of drug-likeness (QED) is 0.477. The third kappa shape index (κ3) is 11.2. The van der Waals surface area contributed by atoms with E-state index >= 15 is 0 Å². The SMILES string of the molecule is CCCCCCCC(=O)NCC(=O)OCC(=O)OC. The largest absolute Gasteiger partial charge is 0.466 e. The molecule has 0 aliphatic carbocycles. The second-order valence-electron chi connectivity index (χ2n) is 4.18. The minimum absolute atomic E-state index is 0.175. The summed E-state index contributed by atoms with van der Waals surface area (Å²) in [6.07, 6.45) is 5.73. The first kappa shape index (κ1) is 17.4. The van der Waals surface area contributed by atoms with Gasteiger partial charge in [-0.1, -0.05) is 32.6 Å². The molecule has 0 aromatic carbocycles. The smallest absolute Gasteiger partial charge is 0.344 e. The van der Waals surface area contributed by atoms with Crippen molar-refractivity contribution in [1.82, 2.24) is 5.32 Å². The fraction of sp³-hybridized carbons (Fsp3) is 0.769. The molecule has 6 heteroatoms. The van der Waals surface area contributed by atoms with Crippen LogP contribution in [-0.4, -0.2) is 38.1 Å². The Labute approximate surface area is 113 Å². The van der Waals surface area contributed by atoms with Crippen molar-refractivity contribution in [2.24, 2.45) is 0 Å². The third-order valence-corrected chi connectivity index (χ3v) is 2.52. The Bertz CT molecular complexity index is 291. The number of hydrogen-bond donors (Lipinski definition) is 1. The Balaban J connectivity index is 3.50. The number of ether oxygens (including phenoxy) is 2. The maximum Gasteiger partial charge on any atom is 0.344 e. The number of methoxy groups -OCH3 is 1. The van der Waals surface area contributed by atoms with Crippen molar-refractivity contribution >= 4 is 17.8 Å². The average molecular weight is 273 g/mol. The number of carbonyl (C=O) groups is 3. The topological polar surface area (TPSA) is 81.7 Å². The highest BCUT2D eigenvalue weighted by Crippen LogP contribution is 2.04. The second kappa shape index (κ2) is 11.5. The summed E-state index contributed by atoms with van der Waals surface area (Å²) in [5, 5.41) is 2.45. The molecule has 6 nitrogen and oxygen atoms in total. The van der Waals surface area contributed by atoms with E-state index in [-0.39, 0.29) is 12.5 Å². The number of unbranched alkanes of at least 4 members (excludes halogenated alkanes) is 4. The highest BCUT2D eigenvalue weighted by atomic mass is 16.6. The van der Waals surface area contributed by atoms with Crippen LogP contribution in [-0.2, 0) is 23.9 Å². The molecule has 0 aromatic rings. The molecule has 0 spiro atoms. The van der Waals surface area contributed by atoms with Gasteiger partial charge in [-0.2, -0.15) is 0 Å². The van der Waals surface area contributed by atoms with Crippen molar-refractivity contribution in [3.63, 3.8) is 0 Å². The molecule has 0 aromatic heterocycles. The summed E-state index contributed by atoms with van der Waals surface area (Å²) in [6, 6.07) is 0. The van der Waals surface area contributed by atoms with E-state index in [0.717, 1.165) is 25.7 Å². The first-order chi connectivity index (χ1) is 9.10. The van der Waals surface area contributed by atoms with Gasteiger partial charge in [0.15, 0.2) is 6.61 Å². The van der Waals surface area contributed by atoms with Crippen LogP contribution in [0.1, 0.15) is 45.4 Å². The molecule has 0 unspecified atom stereocenters. The molecule has 0 saturated heterocycles. The summed E-state index contributed by atoms with van der Waals surface area (Å²) < 4.78 is 8.88. The molecular formula is C13H23NO5. The Kier molecular flexibility index (Phi) is 10.5. The van der Waals surface area contributed by atoms with Gasteiger partial charge >= 0.3 is 11.9 Å². The van der Waals surface area contributed by atoms with Gasteiger partial charge in [0.25, 0.3) is 0 Å². The summed E-state index contributed by atoms with van der Waals surface area (Å²) in [7, 11) is 1.20. The van der Waals surface area contributed by atoms with E-state index in [4.69, 9.17) is 0 Å². The zero-order valence-electron chi connectivity index (χ0n) is 11.7. The van der Waals surface area contributed by atoms with Crippen molar-refractivity contribution in [3.05, 3.63) is 0 Å². The van der Waals surface area contributed by atoms with Crippen LogP contribution >= 0.6 is 0 Å². The van der Waals surface area contributed by atoms with E-state index in [2.05, 4.69) is 21.7 Å². The van der Waals surface area contributed by atoms with E-state index < -0.39 is 18.5 Å². The van der Waals surface area contributed by atoms with Crippen molar-refractivity contribution in [1.29, 1.82) is 0 Å². The molecule has 0 aliphatic rings. The lowest BCUT2D eigenvalue weighted by Gasteiger charge is -2.05. The highest BCUT2D eigenvalue weighted by molar-refractivity contribution is 5.83. The van der Waals surface area contributed by atoms with E-state index in [1.54, 1.807) is 0 Å². The van der Waals surface area contributed by atoms with Gasteiger partial charge in [-0.3, -0.25) is 9.59 Å². The van der Waals surface area contributed by atoms with Crippen LogP contribution in [0.2, 0.25) is 0 Å². The summed E-state index contributed by atoms with van der Waals surface area (Å²) in [5.41, 5.74) is 0. The van der Waals surface area contributed by atoms with E-state index in [1.807, 2.05) is 0 Å². The number of esters is 2. The van der Waals surface area contributed by atoms with Crippen LogP contribution in [0, 0.1) is 0 Å². The van der Waals surface area contributed by atoms with E-state index in [1.165, 1.54) is 13.5 Å². The first-order valence-corrected chi connectivity index (χ1v) is 6.59. The predicted octanol–water partition coefficient (Wildman–Crippen LogP) is 1.18. The van der Waals surface area contributed by atoms with Crippen molar-refractivity contribution < 1.29 is 23.9 Å². The number of nitrogens with one attached hydrogen (secondary N) is 1. The standard InChI is InChI=1S/C13H23NO5/c1-3-4-5-6-7-8-11(15)14-9-12(16)19-10-13(17)18-2/h3-10H2,1-2H3,(H,14,15). The van der Waals surface area contributed by atoms with Crippen molar-refractivity contribution in [2.45, 2.75) is 45.4 Å². The number of rotatable bonds is 10. The molecule has 0 saturated carbocycles. The van der Waals surface area contributed by atoms with E-state index in [9.17, 15) is 14.4 Å². The highest BCUT2D eigenvalue weighted by Gasteiger charge is 2.09. The Morgan fingerprint density at radius 3 is 2.32 bits per heavy atom. The van der Waals surface area contributed by atoms with Gasteiger partial charge in [0.05, 0.1) is 7.11 Å². The molecule has 1 amide bonds. The van der Waals surface area contributed by atoms with Crippen LogP contribution in [0.5, 0.6) is 0 Å². The lowest BCUT2D eigenvalue weighted by Crippen LogP contribution is -2.31. The molecule has 0 radical (unpaired) electrons. The number of amides is 1. The summed E-state index contributed by atoms with van der Waals surface area (Å²) >= 11 is 0. The maximum absolute atomic E-state index is 11.4. The molecule has 110 valence electrons. The van der Waals surface area contributed by atoms with Crippen LogP contribution in [0.15, 0.2) is 0 Å². The zero-order chi connectivity index (χ0) is 14.5. The van der Waals surface area contributed by atoms with Crippen LogP contribution in [0.25, 0.3) is 0 Å². The van der Waals surface area contributed by atoms with Gasteiger partial charge in [-0.25, -0.2) is 4.79 Å². The minimum Gasteiger partial charge on any atom is -0.466 e. The predicted molar refractivity (Wildman–Crippen MR) is 69.4 cm³/mol. The van der Waals surface area contributed by atoms with Crippen LogP contribution < -0.4 is 5.32 Å². The molecule has 1 N–H and O–H groups in total. The number of carbonyl (C=O) groups excluding carboxylic acids is 3. The molecule has 19 heavy (non-hydrogen) atoms. The fourth-order valence-electron chi connectivity index (χ4n) is 1.40. The molecule has 0 aliphatic heterocycles. The van der Waals surface area contributed by atoms with Gasteiger partial charge in [-0.15, -0.1) is 0 Å². The number of hydrogen-bond acceptors (Lipinski definition) is 5. The zero-order valence-corrected chi connectivity index (χ0v) is 11.7. The Hall–Kier alpha value is -1.59. The van der Waals surface area contributed by atoms with Crippen LogP contribution in [0.4, 0.5) is 0 Å². The van der Waals surface area contributed by atoms with Crippen molar-refractivity contribution in [2.75, 3.05) is 20.3 Å². The van der Waals surface area contributed by atoms with Gasteiger partial charge in [0.1, 0.15) is 6.54 Å². The molecule has 0 rings (SSSR count). The lowest BCUT2D eigenvalue weighted by atomic mass is 10.1. The first-order valence-electron chi connectivity index (χ1n) is 6.59. The van der Waals surface area contributed by atoms with Gasteiger partial charge in [0.2, 0.25) is 5.91 Å². The molecule has 0 fully saturated rings. The summed E-state index contributed by atoms with van der Waals surface area (Å²) in [5.74, 6) is -1.45. The monoisotopic (exact) mass is 273 g/mol. The second-order valence-corrected chi connectivity index (χ2v) is 4.18. The third-order valence-electron chi connectivity index (χ3n) is 2.52.